The minimum Gasteiger partial charge on any atom is -0.351 e. The Hall–Kier alpha value is -2.24. The Morgan fingerprint density at radius 1 is 0.967 bits per heavy atom. The van der Waals surface area contributed by atoms with Gasteiger partial charge in [0.15, 0.2) is 0 Å². The lowest BCUT2D eigenvalue weighted by Gasteiger charge is -2.40. The van der Waals surface area contributed by atoms with E-state index >= 15 is 0 Å². The molecule has 1 aliphatic carbocycles. The number of hydrogen-bond acceptors (Lipinski definition) is 3. The fourth-order valence-corrected chi connectivity index (χ4v) is 4.68. The molecule has 5 heteroatoms. The number of nitrogens with zero attached hydrogens (tertiary/aromatic N) is 2. The molecule has 0 unspecified atom stereocenters. The maximum absolute atomic E-state index is 13.3. The molecule has 1 aliphatic heterocycles. The molecule has 0 atom stereocenters. The van der Waals surface area contributed by atoms with Crippen molar-refractivity contribution >= 4 is 5.91 Å². The highest BCUT2D eigenvalue weighted by Crippen LogP contribution is 2.44. The van der Waals surface area contributed by atoms with Crippen LogP contribution in [0.2, 0.25) is 0 Å². The van der Waals surface area contributed by atoms with Crippen LogP contribution in [0.1, 0.15) is 42.9 Å². The molecule has 1 saturated heterocycles. The summed E-state index contributed by atoms with van der Waals surface area (Å²) < 4.78 is 13.3. The van der Waals surface area contributed by atoms with Gasteiger partial charge in [0.05, 0.1) is 5.41 Å². The van der Waals surface area contributed by atoms with Crippen LogP contribution in [-0.2, 0) is 23.3 Å². The van der Waals surface area contributed by atoms with E-state index in [1.807, 2.05) is 6.07 Å². The van der Waals surface area contributed by atoms with Gasteiger partial charge in [0.1, 0.15) is 5.82 Å². The van der Waals surface area contributed by atoms with E-state index in [1.54, 1.807) is 12.1 Å². The van der Waals surface area contributed by atoms with E-state index < -0.39 is 5.41 Å². The lowest BCUT2D eigenvalue weighted by molar-refractivity contribution is -0.130. The first kappa shape index (κ1) is 21.0. The zero-order valence-electron chi connectivity index (χ0n) is 17.9. The molecule has 0 spiro atoms. The summed E-state index contributed by atoms with van der Waals surface area (Å²) in [4.78, 5) is 18.1. The summed E-state index contributed by atoms with van der Waals surface area (Å²) in [5.41, 5.74) is 2.89. The molecular formula is C25H32FN3O. The van der Waals surface area contributed by atoms with Gasteiger partial charge < -0.3 is 10.2 Å². The third-order valence-corrected chi connectivity index (χ3v) is 6.90. The summed E-state index contributed by atoms with van der Waals surface area (Å²) >= 11 is 0. The van der Waals surface area contributed by atoms with Crippen molar-refractivity contribution in [2.75, 3.05) is 32.7 Å². The SMILES string of the molecule is CCN1CCN(Cc2ccccc2CNC(=O)C2(c3ccc(F)cc3)CCC2)CC1. The van der Waals surface area contributed by atoms with Gasteiger partial charge in [0.2, 0.25) is 5.91 Å². The van der Waals surface area contributed by atoms with Gasteiger partial charge in [-0.2, -0.15) is 0 Å². The summed E-state index contributed by atoms with van der Waals surface area (Å²) in [5.74, 6) is -0.200. The number of likely N-dealkylation sites (N-methyl/N-ethyl adjacent to an activating group) is 1. The zero-order chi connectivity index (χ0) is 21.0. The van der Waals surface area contributed by atoms with Crippen molar-refractivity contribution in [1.29, 1.82) is 0 Å². The maximum atomic E-state index is 13.3. The molecule has 1 N–H and O–H groups in total. The molecule has 0 radical (unpaired) electrons. The summed E-state index contributed by atoms with van der Waals surface area (Å²) in [5, 5.41) is 3.19. The maximum Gasteiger partial charge on any atom is 0.230 e. The van der Waals surface area contributed by atoms with Crippen molar-refractivity contribution in [3.05, 3.63) is 71.0 Å². The van der Waals surface area contributed by atoms with Crippen molar-refractivity contribution in [3.63, 3.8) is 0 Å². The molecule has 1 amide bonds. The molecule has 4 rings (SSSR count). The van der Waals surface area contributed by atoms with E-state index in [-0.39, 0.29) is 11.7 Å². The minimum absolute atomic E-state index is 0.0618. The smallest absolute Gasteiger partial charge is 0.230 e. The molecule has 1 saturated carbocycles. The Bertz CT molecular complexity index is 855. The molecule has 2 fully saturated rings. The van der Waals surface area contributed by atoms with Crippen LogP contribution in [0.25, 0.3) is 0 Å². The van der Waals surface area contributed by atoms with Crippen molar-refractivity contribution in [2.24, 2.45) is 0 Å². The quantitative estimate of drug-likeness (QED) is 0.757. The largest absolute Gasteiger partial charge is 0.351 e. The topological polar surface area (TPSA) is 35.6 Å². The predicted molar refractivity (Wildman–Crippen MR) is 118 cm³/mol. The highest BCUT2D eigenvalue weighted by atomic mass is 19.1. The zero-order valence-corrected chi connectivity index (χ0v) is 17.9. The molecule has 2 aromatic carbocycles. The summed E-state index contributed by atoms with van der Waals surface area (Å²) in [6, 6.07) is 14.8. The van der Waals surface area contributed by atoms with E-state index in [2.05, 4.69) is 40.2 Å². The third kappa shape index (κ3) is 4.42. The highest BCUT2D eigenvalue weighted by molar-refractivity contribution is 5.89. The van der Waals surface area contributed by atoms with Crippen LogP contribution in [0, 0.1) is 5.82 Å². The molecule has 30 heavy (non-hydrogen) atoms. The normalized spacial score (nSPS) is 19.3. The average molecular weight is 410 g/mol. The van der Waals surface area contributed by atoms with Crippen molar-refractivity contribution in [1.82, 2.24) is 15.1 Å². The van der Waals surface area contributed by atoms with Crippen molar-refractivity contribution in [2.45, 2.75) is 44.7 Å². The number of piperazine rings is 1. The van der Waals surface area contributed by atoms with Gasteiger partial charge in [0, 0.05) is 39.3 Å². The fourth-order valence-electron chi connectivity index (χ4n) is 4.68. The van der Waals surface area contributed by atoms with Gasteiger partial charge in [-0.05, 0) is 48.2 Å². The Labute approximate surface area is 179 Å². The van der Waals surface area contributed by atoms with Crippen LogP contribution >= 0.6 is 0 Å². The monoisotopic (exact) mass is 409 g/mol. The Balaban J connectivity index is 1.40. The highest BCUT2D eigenvalue weighted by Gasteiger charge is 2.45. The molecular weight excluding hydrogens is 377 g/mol. The van der Waals surface area contributed by atoms with Crippen LogP contribution in [0.3, 0.4) is 0 Å². The summed E-state index contributed by atoms with van der Waals surface area (Å²) in [6.07, 6.45) is 2.69. The van der Waals surface area contributed by atoms with Gasteiger partial charge in [-0.3, -0.25) is 9.69 Å². The second-order valence-corrected chi connectivity index (χ2v) is 8.60. The number of amides is 1. The van der Waals surface area contributed by atoms with Gasteiger partial charge in [-0.1, -0.05) is 49.7 Å². The minimum atomic E-state index is -0.501. The standard InChI is InChI=1S/C25H32FN3O/c1-2-28-14-16-29(17-15-28)19-21-7-4-3-6-20(21)18-27-24(30)25(12-5-13-25)22-8-10-23(26)11-9-22/h3-4,6-11H,2,5,12-19H2,1H3,(H,27,30). The van der Waals surface area contributed by atoms with Gasteiger partial charge in [0.25, 0.3) is 0 Å². The molecule has 2 aromatic rings. The van der Waals surface area contributed by atoms with Crippen molar-refractivity contribution in [3.8, 4) is 0 Å². The number of rotatable bonds is 7. The fraction of sp³-hybridized carbons (Fsp3) is 0.480. The summed E-state index contributed by atoms with van der Waals surface area (Å²) in [7, 11) is 0. The second-order valence-electron chi connectivity index (χ2n) is 8.60. The first-order chi connectivity index (χ1) is 14.6. The van der Waals surface area contributed by atoms with Crippen molar-refractivity contribution < 1.29 is 9.18 Å². The number of benzene rings is 2. The third-order valence-electron chi connectivity index (χ3n) is 6.90. The van der Waals surface area contributed by atoms with E-state index in [9.17, 15) is 9.18 Å². The van der Waals surface area contributed by atoms with E-state index in [4.69, 9.17) is 0 Å². The molecule has 0 aromatic heterocycles. The lowest BCUT2D eigenvalue weighted by atomic mass is 9.64. The number of carbonyl (C=O) groups is 1. The van der Waals surface area contributed by atoms with Crippen LogP contribution < -0.4 is 5.32 Å². The van der Waals surface area contributed by atoms with Crippen LogP contribution in [0.4, 0.5) is 4.39 Å². The van der Waals surface area contributed by atoms with Crippen LogP contribution in [0.15, 0.2) is 48.5 Å². The molecule has 4 nitrogen and oxygen atoms in total. The number of hydrogen-bond donors (Lipinski definition) is 1. The Kier molecular flexibility index (Phi) is 6.49. The Morgan fingerprint density at radius 2 is 1.60 bits per heavy atom. The first-order valence-corrected chi connectivity index (χ1v) is 11.2. The number of nitrogens with one attached hydrogen (secondary N) is 1. The molecule has 1 heterocycles. The molecule has 160 valence electrons. The molecule has 2 aliphatic rings. The summed E-state index contributed by atoms with van der Waals surface area (Å²) in [6.45, 7) is 9.20. The van der Waals surface area contributed by atoms with Gasteiger partial charge in [-0.25, -0.2) is 4.39 Å². The second kappa shape index (κ2) is 9.27. The lowest BCUT2D eigenvalue weighted by Crippen LogP contribution is -2.49. The predicted octanol–water partition coefficient (Wildman–Crippen LogP) is 3.70. The average Bonchev–Trinajstić information content (AvgIpc) is 2.74. The Morgan fingerprint density at radius 3 is 2.20 bits per heavy atom. The number of carbonyl (C=O) groups excluding carboxylic acids is 1. The van der Waals surface area contributed by atoms with Crippen LogP contribution in [0.5, 0.6) is 0 Å². The van der Waals surface area contributed by atoms with E-state index in [0.717, 1.165) is 64.1 Å². The first-order valence-electron chi connectivity index (χ1n) is 11.2. The van der Waals surface area contributed by atoms with Gasteiger partial charge in [-0.15, -0.1) is 0 Å². The van der Waals surface area contributed by atoms with Gasteiger partial charge >= 0.3 is 0 Å². The van der Waals surface area contributed by atoms with E-state index in [1.165, 1.54) is 23.3 Å². The van der Waals surface area contributed by atoms with Crippen LogP contribution in [-0.4, -0.2) is 48.4 Å². The van der Waals surface area contributed by atoms with E-state index in [0.29, 0.717) is 6.54 Å². The molecule has 0 bridgehead atoms. The number of halogens is 1.